The Labute approximate surface area is 195 Å². The number of carbonyl (C=O) groups excluding carboxylic acids is 1. The second-order valence-corrected chi connectivity index (χ2v) is 15.7. The molecule has 1 aliphatic heterocycles. The number of carbonyl (C=O) groups is 1. The smallest absolute Gasteiger partial charge is 0.336 e. The third-order valence-corrected chi connectivity index (χ3v) is 14.1. The molecule has 5 nitrogen and oxygen atoms in total. The zero-order valence-corrected chi connectivity index (χ0v) is 21.8. The number of hydrogen-bond donors (Lipinski definition) is 2. The molecule has 6 atom stereocenters. The van der Waals surface area contributed by atoms with Gasteiger partial charge in [-0.1, -0.05) is 52.8 Å². The first-order valence-electron chi connectivity index (χ1n) is 12.6. The highest BCUT2D eigenvalue weighted by Gasteiger charge is 2.58. The number of ether oxygens (including phenoxy) is 1. The van der Waals surface area contributed by atoms with Gasteiger partial charge in [-0.3, -0.25) is 0 Å². The van der Waals surface area contributed by atoms with Gasteiger partial charge in [0.15, 0.2) is 8.32 Å². The maximum atomic E-state index is 12.0. The van der Waals surface area contributed by atoms with Gasteiger partial charge >= 0.3 is 5.97 Å². The average molecular weight is 465 g/mol. The molecular formula is C26H44O5Si. The molecular weight excluding hydrogens is 420 g/mol. The SMILES string of the molecule is C=C1CC[C@@H]2[C@](C)(CO[Si](CC)(CC)CC)[C@H](O)CC[C@@]2(C)[C@@H]1C/C=C1/C(=O)OC[C@H]1O. The summed E-state index contributed by atoms with van der Waals surface area (Å²) in [5.74, 6) is 0.134. The first kappa shape index (κ1) is 25.7. The Balaban J connectivity index is 1.87. The van der Waals surface area contributed by atoms with E-state index in [1.807, 2.05) is 6.08 Å². The van der Waals surface area contributed by atoms with E-state index in [0.29, 0.717) is 24.5 Å². The molecule has 6 heteroatoms. The third kappa shape index (κ3) is 4.40. The van der Waals surface area contributed by atoms with E-state index in [4.69, 9.17) is 9.16 Å². The molecule has 0 radical (unpaired) electrons. The Morgan fingerprint density at radius 2 is 1.84 bits per heavy atom. The fraction of sp³-hybridized carbons (Fsp3) is 0.808. The van der Waals surface area contributed by atoms with E-state index in [-0.39, 0.29) is 29.5 Å². The standard InChI is InChI=1S/C26H44O5Si/c1-7-32(8-2,9-3)31-17-26(6)22-13-10-18(4)20(25(22,5)15-14-23(26)28)12-11-19-21(27)16-30-24(19)29/h11,20-23,27-28H,4,7-10,12-17H2,1-3,5-6H3/b19-11+/t20-,21-,22+,23-,25+,26+/m1/s1. The molecule has 0 spiro atoms. The van der Waals surface area contributed by atoms with Gasteiger partial charge in [-0.05, 0) is 67.5 Å². The van der Waals surface area contributed by atoms with Gasteiger partial charge in [-0.2, -0.15) is 0 Å². The van der Waals surface area contributed by atoms with E-state index >= 15 is 0 Å². The van der Waals surface area contributed by atoms with Crippen LogP contribution in [0.25, 0.3) is 0 Å². The minimum absolute atomic E-state index is 0.0218. The quantitative estimate of drug-likeness (QED) is 0.229. The highest BCUT2D eigenvalue weighted by Crippen LogP contribution is 2.62. The Morgan fingerprint density at radius 3 is 2.41 bits per heavy atom. The summed E-state index contributed by atoms with van der Waals surface area (Å²) in [4.78, 5) is 12.0. The molecule has 32 heavy (non-hydrogen) atoms. The zero-order chi connectivity index (χ0) is 23.7. The summed E-state index contributed by atoms with van der Waals surface area (Å²) >= 11 is 0. The van der Waals surface area contributed by atoms with Gasteiger partial charge in [0.2, 0.25) is 0 Å². The largest absolute Gasteiger partial charge is 0.459 e. The van der Waals surface area contributed by atoms with Crippen molar-refractivity contribution in [3.8, 4) is 0 Å². The number of rotatable bonds is 8. The second-order valence-electron chi connectivity index (χ2n) is 10.9. The minimum atomic E-state index is -1.76. The van der Waals surface area contributed by atoms with E-state index in [2.05, 4.69) is 41.2 Å². The molecule has 2 saturated carbocycles. The minimum Gasteiger partial charge on any atom is -0.459 e. The molecule has 3 rings (SSSR count). The molecule has 0 aromatic heterocycles. The van der Waals surface area contributed by atoms with E-state index in [9.17, 15) is 15.0 Å². The summed E-state index contributed by atoms with van der Waals surface area (Å²) < 4.78 is 11.8. The van der Waals surface area contributed by atoms with Crippen molar-refractivity contribution in [2.45, 2.75) is 97.1 Å². The molecule has 2 aliphatic carbocycles. The normalized spacial score (nSPS) is 39.3. The lowest BCUT2D eigenvalue weighted by Gasteiger charge is -2.60. The van der Waals surface area contributed by atoms with Gasteiger partial charge in [-0.25, -0.2) is 4.79 Å². The highest BCUT2D eigenvalue weighted by molar-refractivity contribution is 6.73. The molecule has 3 fully saturated rings. The molecule has 0 aromatic carbocycles. The molecule has 1 saturated heterocycles. The second kappa shape index (κ2) is 9.73. The zero-order valence-electron chi connectivity index (χ0n) is 20.8. The molecule has 0 aromatic rings. The summed E-state index contributed by atoms with van der Waals surface area (Å²) in [6, 6.07) is 3.33. The highest BCUT2D eigenvalue weighted by atomic mass is 28.4. The van der Waals surface area contributed by atoms with Gasteiger partial charge in [0.25, 0.3) is 0 Å². The van der Waals surface area contributed by atoms with Gasteiger partial charge < -0.3 is 19.4 Å². The fourth-order valence-corrected chi connectivity index (χ4v) is 9.64. The van der Waals surface area contributed by atoms with Crippen LogP contribution >= 0.6 is 0 Å². The van der Waals surface area contributed by atoms with Crippen LogP contribution in [0.2, 0.25) is 18.1 Å². The number of fused-ring (bicyclic) bond motifs is 1. The van der Waals surface area contributed by atoms with Crippen molar-refractivity contribution >= 4 is 14.3 Å². The number of aliphatic hydroxyl groups is 2. The predicted octanol–water partition coefficient (Wildman–Crippen LogP) is 4.99. The number of hydrogen-bond acceptors (Lipinski definition) is 5. The van der Waals surface area contributed by atoms with Crippen LogP contribution in [-0.2, 0) is 14.0 Å². The van der Waals surface area contributed by atoms with Crippen molar-refractivity contribution in [3.63, 3.8) is 0 Å². The van der Waals surface area contributed by atoms with Crippen molar-refractivity contribution in [1.82, 2.24) is 0 Å². The molecule has 2 N–H and O–H groups in total. The van der Waals surface area contributed by atoms with Crippen LogP contribution in [0.15, 0.2) is 23.8 Å². The summed E-state index contributed by atoms with van der Waals surface area (Å²) in [5, 5.41) is 21.3. The number of cyclic esters (lactones) is 1. The van der Waals surface area contributed by atoms with Gasteiger partial charge in [0.05, 0.1) is 11.7 Å². The van der Waals surface area contributed by atoms with Gasteiger partial charge in [0, 0.05) is 12.0 Å². The summed E-state index contributed by atoms with van der Waals surface area (Å²) in [6.45, 7) is 16.4. The Hall–Kier alpha value is -0.953. The molecule has 0 unspecified atom stereocenters. The molecule has 0 bridgehead atoms. The van der Waals surface area contributed by atoms with Gasteiger partial charge in [-0.15, -0.1) is 0 Å². The lowest BCUT2D eigenvalue weighted by Crippen LogP contribution is -2.58. The van der Waals surface area contributed by atoms with Crippen LogP contribution in [-0.4, -0.2) is 49.9 Å². The van der Waals surface area contributed by atoms with Gasteiger partial charge in [0.1, 0.15) is 12.7 Å². The van der Waals surface area contributed by atoms with E-state index in [1.165, 1.54) is 5.57 Å². The third-order valence-electron chi connectivity index (χ3n) is 9.52. The van der Waals surface area contributed by atoms with Crippen molar-refractivity contribution in [1.29, 1.82) is 0 Å². The molecule has 182 valence electrons. The Bertz CT molecular complexity index is 736. The maximum Gasteiger partial charge on any atom is 0.336 e. The van der Waals surface area contributed by atoms with Crippen LogP contribution in [0.5, 0.6) is 0 Å². The fourth-order valence-electron chi connectivity index (χ4n) is 6.91. The Kier molecular flexibility index (Phi) is 7.80. The average Bonchev–Trinajstić information content (AvgIpc) is 3.09. The van der Waals surface area contributed by atoms with Crippen LogP contribution in [0.1, 0.15) is 66.7 Å². The lowest BCUT2D eigenvalue weighted by atomic mass is 9.46. The molecule has 0 amide bonds. The van der Waals surface area contributed by atoms with Crippen molar-refractivity contribution in [2.75, 3.05) is 13.2 Å². The maximum absolute atomic E-state index is 12.0. The van der Waals surface area contributed by atoms with E-state index in [1.54, 1.807) is 0 Å². The molecule has 1 heterocycles. The van der Waals surface area contributed by atoms with Crippen LogP contribution in [0.3, 0.4) is 0 Å². The summed E-state index contributed by atoms with van der Waals surface area (Å²) in [5.41, 5.74) is 1.30. The number of aliphatic hydroxyl groups excluding tert-OH is 2. The number of esters is 1. The monoisotopic (exact) mass is 464 g/mol. The summed E-state index contributed by atoms with van der Waals surface area (Å²) in [6.07, 6.45) is 5.01. The predicted molar refractivity (Wildman–Crippen MR) is 130 cm³/mol. The van der Waals surface area contributed by atoms with Crippen molar-refractivity contribution < 1.29 is 24.2 Å². The Morgan fingerprint density at radius 1 is 1.19 bits per heavy atom. The van der Waals surface area contributed by atoms with Crippen molar-refractivity contribution in [3.05, 3.63) is 23.8 Å². The first-order valence-corrected chi connectivity index (χ1v) is 15.1. The lowest BCUT2D eigenvalue weighted by molar-refractivity contribution is -0.148. The van der Waals surface area contributed by atoms with E-state index in [0.717, 1.165) is 43.8 Å². The summed E-state index contributed by atoms with van der Waals surface area (Å²) in [7, 11) is -1.76. The van der Waals surface area contributed by atoms with E-state index < -0.39 is 20.4 Å². The first-order chi connectivity index (χ1) is 15.1. The van der Waals surface area contributed by atoms with Crippen LogP contribution < -0.4 is 0 Å². The number of allylic oxidation sites excluding steroid dienone is 2. The molecule has 3 aliphatic rings. The van der Waals surface area contributed by atoms with Crippen molar-refractivity contribution in [2.24, 2.45) is 22.7 Å². The van der Waals surface area contributed by atoms with Crippen LogP contribution in [0, 0.1) is 22.7 Å². The topological polar surface area (TPSA) is 76.0 Å². The van der Waals surface area contributed by atoms with Crippen LogP contribution in [0.4, 0.5) is 0 Å².